The van der Waals surface area contributed by atoms with E-state index in [-0.39, 0.29) is 14.5 Å². The summed E-state index contributed by atoms with van der Waals surface area (Å²) >= 11 is 2.18. The lowest BCUT2D eigenvalue weighted by Crippen LogP contribution is -2.36. The first kappa shape index (κ1) is 20.0. The second-order valence-corrected chi connectivity index (χ2v) is 11.6. The van der Waals surface area contributed by atoms with Crippen LogP contribution in [0, 0.1) is 12.3 Å². The van der Waals surface area contributed by atoms with Gasteiger partial charge in [-0.15, -0.1) is 22.7 Å². The van der Waals surface area contributed by atoms with E-state index in [0.29, 0.717) is 9.40 Å². The van der Waals surface area contributed by atoms with Crippen LogP contribution in [0.15, 0.2) is 40.6 Å². The number of benzene rings is 1. The molecule has 0 bridgehead atoms. The summed E-state index contributed by atoms with van der Waals surface area (Å²) in [6.07, 6.45) is 0. The second-order valence-electron chi connectivity index (χ2n) is 7.49. The Bertz CT molecular complexity index is 1070. The molecule has 0 aliphatic heterocycles. The van der Waals surface area contributed by atoms with Crippen LogP contribution in [0.25, 0.3) is 9.40 Å². The van der Waals surface area contributed by atoms with Gasteiger partial charge in [0.15, 0.2) is 0 Å². The van der Waals surface area contributed by atoms with Gasteiger partial charge in [0.1, 0.15) is 9.09 Å². The predicted octanol–water partition coefficient (Wildman–Crippen LogP) is 5.04. The van der Waals surface area contributed by atoms with Crippen molar-refractivity contribution >= 4 is 48.1 Å². The molecule has 0 aliphatic rings. The van der Waals surface area contributed by atoms with Gasteiger partial charge in [-0.3, -0.25) is 0 Å². The van der Waals surface area contributed by atoms with E-state index in [0.717, 1.165) is 33.8 Å². The molecule has 1 aromatic carbocycles. The first-order valence-corrected chi connectivity index (χ1v) is 11.5. The molecule has 1 atom stereocenters. The first-order chi connectivity index (χ1) is 12.5. The Balaban J connectivity index is 1.99. The molecule has 0 radical (unpaired) electrons. The van der Waals surface area contributed by atoms with E-state index in [9.17, 15) is 13.2 Å². The molecule has 2 heterocycles. The summed E-state index contributed by atoms with van der Waals surface area (Å²) in [4.78, 5) is 11.3. The van der Waals surface area contributed by atoms with Gasteiger partial charge in [-0.1, -0.05) is 45.0 Å². The normalized spacial score (nSPS) is 13.8. The number of fused-ring (bicyclic) bond motifs is 1. The Hall–Kier alpha value is -1.74. The largest absolute Gasteiger partial charge is 0.477 e. The molecule has 0 fully saturated rings. The molecular weight excluding hydrogens is 402 g/mol. The number of rotatable bonds is 5. The first-order valence-electron chi connectivity index (χ1n) is 8.33. The number of aryl methyl sites for hydroxylation is 1. The maximum Gasteiger partial charge on any atom is 0.345 e. The minimum absolute atomic E-state index is 0.198. The highest BCUT2D eigenvalue weighted by atomic mass is 32.2. The summed E-state index contributed by atoms with van der Waals surface area (Å²) in [5, 5.41) is 9.08. The smallest absolute Gasteiger partial charge is 0.345 e. The number of carboxylic acids is 1. The van der Waals surface area contributed by atoms with Crippen molar-refractivity contribution in [2.75, 3.05) is 0 Å². The Morgan fingerprint density at radius 3 is 2.30 bits per heavy atom. The van der Waals surface area contributed by atoms with Crippen LogP contribution in [0.5, 0.6) is 0 Å². The molecule has 0 saturated heterocycles. The molecule has 3 rings (SSSR count). The molecule has 27 heavy (non-hydrogen) atoms. The molecule has 0 amide bonds. The monoisotopic (exact) mass is 423 g/mol. The summed E-state index contributed by atoms with van der Waals surface area (Å²) in [7, 11) is -3.74. The number of carbonyl (C=O) groups is 1. The van der Waals surface area contributed by atoms with Crippen LogP contribution in [-0.2, 0) is 10.0 Å². The summed E-state index contributed by atoms with van der Waals surface area (Å²) in [6.45, 7) is 7.97. The quantitative estimate of drug-likeness (QED) is 0.602. The van der Waals surface area contributed by atoms with Crippen LogP contribution in [0.2, 0.25) is 0 Å². The zero-order chi connectivity index (χ0) is 20.0. The summed E-state index contributed by atoms with van der Waals surface area (Å²) in [5.74, 6) is -1.00. The number of carboxylic acid groups (broad SMARTS) is 1. The summed E-state index contributed by atoms with van der Waals surface area (Å²) in [6, 6.07) is 10.4. The molecule has 5 nitrogen and oxygen atoms in total. The number of hydrogen-bond acceptors (Lipinski definition) is 5. The molecule has 0 spiro atoms. The molecule has 144 valence electrons. The van der Waals surface area contributed by atoms with E-state index >= 15 is 0 Å². The molecule has 1 unspecified atom stereocenters. The topological polar surface area (TPSA) is 83.5 Å². The van der Waals surface area contributed by atoms with Crippen LogP contribution in [0.1, 0.15) is 47.6 Å². The molecule has 2 aromatic heterocycles. The highest BCUT2D eigenvalue weighted by molar-refractivity contribution is 7.91. The third kappa shape index (κ3) is 4.08. The van der Waals surface area contributed by atoms with Gasteiger partial charge in [0, 0.05) is 9.40 Å². The van der Waals surface area contributed by atoms with Crippen LogP contribution in [0.3, 0.4) is 0 Å². The van der Waals surface area contributed by atoms with Gasteiger partial charge < -0.3 is 5.11 Å². The fourth-order valence-corrected chi connectivity index (χ4v) is 6.96. The van der Waals surface area contributed by atoms with Gasteiger partial charge in [0.05, 0.1) is 6.04 Å². The van der Waals surface area contributed by atoms with E-state index in [1.54, 1.807) is 6.07 Å². The molecule has 3 aromatic rings. The maximum atomic E-state index is 13.0. The molecular formula is C19H21NO4S3. The summed E-state index contributed by atoms with van der Waals surface area (Å²) < 4.78 is 30.5. The SMILES string of the molecule is Cc1ccccc1C(NS(=O)(=O)c1cc2sc(C(=O)O)cc2s1)C(C)(C)C. The van der Waals surface area contributed by atoms with Gasteiger partial charge >= 0.3 is 5.97 Å². The van der Waals surface area contributed by atoms with Crippen molar-refractivity contribution in [3.05, 3.63) is 52.4 Å². The zero-order valence-corrected chi connectivity index (χ0v) is 17.9. The number of sulfonamides is 1. The van der Waals surface area contributed by atoms with E-state index in [4.69, 9.17) is 5.11 Å². The van der Waals surface area contributed by atoms with E-state index < -0.39 is 22.0 Å². The van der Waals surface area contributed by atoms with Crippen molar-refractivity contribution < 1.29 is 18.3 Å². The lowest BCUT2D eigenvalue weighted by Gasteiger charge is -2.32. The average Bonchev–Trinajstić information content (AvgIpc) is 3.11. The van der Waals surface area contributed by atoms with Crippen molar-refractivity contribution in [3.8, 4) is 0 Å². The Morgan fingerprint density at radius 1 is 1.11 bits per heavy atom. The highest BCUT2D eigenvalue weighted by Crippen LogP contribution is 2.39. The fourth-order valence-electron chi connectivity index (χ4n) is 2.88. The van der Waals surface area contributed by atoms with Crippen molar-refractivity contribution in [1.29, 1.82) is 0 Å². The number of nitrogens with one attached hydrogen (secondary N) is 1. The van der Waals surface area contributed by atoms with Crippen LogP contribution in [-0.4, -0.2) is 19.5 Å². The lowest BCUT2D eigenvalue weighted by molar-refractivity contribution is 0.0702. The second kappa shape index (κ2) is 7.01. The van der Waals surface area contributed by atoms with Crippen molar-refractivity contribution in [2.24, 2.45) is 5.41 Å². The van der Waals surface area contributed by atoms with Crippen LogP contribution in [0.4, 0.5) is 0 Å². The Morgan fingerprint density at radius 2 is 1.74 bits per heavy atom. The van der Waals surface area contributed by atoms with Gasteiger partial charge in [-0.05, 0) is 35.6 Å². The third-order valence-electron chi connectivity index (χ3n) is 4.30. The average molecular weight is 424 g/mol. The van der Waals surface area contributed by atoms with Gasteiger partial charge in [0.25, 0.3) is 10.0 Å². The Kier molecular flexibility index (Phi) is 5.20. The minimum Gasteiger partial charge on any atom is -0.477 e. The van der Waals surface area contributed by atoms with Gasteiger partial charge in [-0.25, -0.2) is 17.9 Å². The summed E-state index contributed by atoms with van der Waals surface area (Å²) in [5.41, 5.74) is 1.64. The number of hydrogen-bond donors (Lipinski definition) is 2. The maximum absolute atomic E-state index is 13.0. The molecule has 2 N–H and O–H groups in total. The standard InChI is InChI=1S/C19H21NO4S3/c1-11-7-5-6-8-12(11)17(19(2,3)4)20-27(23,24)16-10-14-13(26-16)9-15(25-14)18(21)22/h5-10,17,20H,1-4H3,(H,21,22). The number of thiophene rings is 2. The highest BCUT2D eigenvalue weighted by Gasteiger charge is 2.32. The lowest BCUT2D eigenvalue weighted by atomic mass is 9.81. The molecule has 8 heteroatoms. The predicted molar refractivity (Wildman–Crippen MR) is 110 cm³/mol. The van der Waals surface area contributed by atoms with E-state index in [2.05, 4.69) is 4.72 Å². The van der Waals surface area contributed by atoms with E-state index in [1.165, 1.54) is 6.07 Å². The zero-order valence-electron chi connectivity index (χ0n) is 15.4. The third-order valence-corrected chi connectivity index (χ3v) is 8.48. The van der Waals surface area contributed by atoms with Crippen LogP contribution >= 0.6 is 22.7 Å². The van der Waals surface area contributed by atoms with Crippen LogP contribution < -0.4 is 4.72 Å². The van der Waals surface area contributed by atoms with Crippen molar-refractivity contribution in [3.63, 3.8) is 0 Å². The van der Waals surface area contributed by atoms with E-state index in [1.807, 2.05) is 52.0 Å². The molecule has 0 saturated carbocycles. The van der Waals surface area contributed by atoms with Gasteiger partial charge in [0.2, 0.25) is 0 Å². The van der Waals surface area contributed by atoms with Gasteiger partial charge in [-0.2, -0.15) is 0 Å². The van der Waals surface area contributed by atoms with Crippen molar-refractivity contribution in [1.82, 2.24) is 4.72 Å². The van der Waals surface area contributed by atoms with Crippen molar-refractivity contribution in [2.45, 2.75) is 37.9 Å². The molecule has 0 aliphatic carbocycles. The Labute approximate surface area is 166 Å². The fraction of sp³-hybridized carbons (Fsp3) is 0.316. The minimum atomic E-state index is -3.74. The number of aromatic carboxylic acids is 1.